The molecule has 2 aromatic rings. The fourth-order valence-electron chi connectivity index (χ4n) is 4.65. The van der Waals surface area contributed by atoms with E-state index >= 15 is 0 Å². The molecule has 2 heterocycles. The molecule has 1 N–H and O–H groups in total. The summed E-state index contributed by atoms with van der Waals surface area (Å²) in [6.45, 7) is 5.10. The number of carbonyl (C=O) groups excluding carboxylic acids is 1. The summed E-state index contributed by atoms with van der Waals surface area (Å²) in [5.74, 6) is 0.622. The van der Waals surface area contributed by atoms with E-state index in [-0.39, 0.29) is 29.7 Å². The zero-order valence-corrected chi connectivity index (χ0v) is 17.5. The molecule has 2 fully saturated rings. The largest absolute Gasteiger partial charge is 0.396 e. The van der Waals surface area contributed by atoms with Crippen molar-refractivity contribution in [3.63, 3.8) is 0 Å². The maximum Gasteiger partial charge on any atom is 0.232 e. The highest BCUT2D eigenvalue weighted by atomic mass is 32.2. The summed E-state index contributed by atoms with van der Waals surface area (Å²) in [5.41, 5.74) is 1.06. The Morgan fingerprint density at radius 1 is 1.17 bits per heavy atom. The Morgan fingerprint density at radius 3 is 2.69 bits per heavy atom. The molecule has 6 heteroatoms. The van der Waals surface area contributed by atoms with Crippen LogP contribution >= 0.6 is 11.8 Å². The van der Waals surface area contributed by atoms with Crippen molar-refractivity contribution in [1.82, 2.24) is 9.80 Å². The second-order valence-electron chi connectivity index (χ2n) is 8.31. The number of carbonyl (C=O) groups is 1. The van der Waals surface area contributed by atoms with Gasteiger partial charge in [-0.2, -0.15) is 0 Å². The average molecular weight is 415 g/mol. The van der Waals surface area contributed by atoms with E-state index in [1.54, 1.807) is 24.8 Å². The molecule has 0 aromatic heterocycles. The Balaban J connectivity index is 1.37. The van der Waals surface area contributed by atoms with E-state index in [1.807, 2.05) is 47.4 Å². The van der Waals surface area contributed by atoms with Gasteiger partial charge in [-0.15, -0.1) is 11.8 Å². The van der Waals surface area contributed by atoms with Crippen LogP contribution in [0.2, 0.25) is 0 Å². The highest BCUT2D eigenvalue weighted by molar-refractivity contribution is 8.00. The summed E-state index contributed by atoms with van der Waals surface area (Å²) in [6.07, 6.45) is 0. The van der Waals surface area contributed by atoms with Gasteiger partial charge in [-0.3, -0.25) is 9.69 Å². The molecule has 4 rings (SSSR count). The standard InChI is InChI=1S/C23H27FN2O2S/c1-17-6-5-7-18(22(17)24)10-25-11-19-12-26(15-23(19,14-25)16-27)21(28)13-29-20-8-3-2-4-9-20/h2-9,19,27H,10-16H2,1H3. The van der Waals surface area contributed by atoms with Crippen LogP contribution in [-0.4, -0.2) is 59.4 Å². The minimum atomic E-state index is -0.298. The number of halogens is 1. The van der Waals surface area contributed by atoms with Crippen molar-refractivity contribution in [2.45, 2.75) is 18.4 Å². The molecule has 0 radical (unpaired) electrons. The maximum absolute atomic E-state index is 14.4. The summed E-state index contributed by atoms with van der Waals surface area (Å²) in [5, 5.41) is 10.2. The summed E-state index contributed by atoms with van der Waals surface area (Å²) in [6, 6.07) is 15.4. The lowest BCUT2D eigenvalue weighted by atomic mass is 9.82. The summed E-state index contributed by atoms with van der Waals surface area (Å²) in [4.78, 5) is 17.9. The molecule has 2 unspecified atom stereocenters. The molecular formula is C23H27FN2O2S. The van der Waals surface area contributed by atoms with Crippen molar-refractivity contribution in [3.05, 3.63) is 65.5 Å². The van der Waals surface area contributed by atoms with Gasteiger partial charge in [-0.1, -0.05) is 36.4 Å². The van der Waals surface area contributed by atoms with Crippen LogP contribution < -0.4 is 0 Å². The number of likely N-dealkylation sites (tertiary alicyclic amines) is 2. The van der Waals surface area contributed by atoms with Crippen LogP contribution in [0.5, 0.6) is 0 Å². The van der Waals surface area contributed by atoms with Gasteiger partial charge < -0.3 is 10.0 Å². The van der Waals surface area contributed by atoms with Crippen molar-refractivity contribution in [3.8, 4) is 0 Å². The molecular weight excluding hydrogens is 387 g/mol. The number of benzene rings is 2. The number of fused-ring (bicyclic) bond motifs is 1. The van der Waals surface area contributed by atoms with Crippen LogP contribution in [0.3, 0.4) is 0 Å². The summed E-state index contributed by atoms with van der Waals surface area (Å²) < 4.78 is 14.4. The third kappa shape index (κ3) is 4.20. The van der Waals surface area contributed by atoms with Crippen LogP contribution in [-0.2, 0) is 11.3 Å². The number of hydrogen-bond acceptors (Lipinski definition) is 4. The molecule has 2 atom stereocenters. The third-order valence-corrected chi connectivity index (χ3v) is 7.27. The lowest BCUT2D eigenvalue weighted by Gasteiger charge is -2.27. The Labute approximate surface area is 175 Å². The number of thioether (sulfide) groups is 1. The van der Waals surface area contributed by atoms with Crippen molar-refractivity contribution in [1.29, 1.82) is 0 Å². The van der Waals surface area contributed by atoms with Crippen molar-refractivity contribution >= 4 is 17.7 Å². The van der Waals surface area contributed by atoms with Crippen molar-refractivity contribution in [2.24, 2.45) is 11.3 Å². The second-order valence-corrected chi connectivity index (χ2v) is 9.36. The number of aliphatic hydroxyl groups excluding tert-OH is 1. The zero-order chi connectivity index (χ0) is 20.4. The van der Waals surface area contributed by atoms with E-state index in [9.17, 15) is 14.3 Å². The Hall–Kier alpha value is -1.89. The van der Waals surface area contributed by atoms with Crippen LogP contribution in [0.15, 0.2) is 53.4 Å². The Kier molecular flexibility index (Phi) is 5.95. The average Bonchev–Trinajstić information content (AvgIpc) is 3.24. The minimum absolute atomic E-state index is 0.0556. The van der Waals surface area contributed by atoms with E-state index in [0.717, 1.165) is 11.4 Å². The molecule has 0 bridgehead atoms. The number of nitrogens with zero attached hydrogens (tertiary/aromatic N) is 2. The molecule has 4 nitrogen and oxygen atoms in total. The topological polar surface area (TPSA) is 43.8 Å². The number of hydrogen-bond donors (Lipinski definition) is 1. The predicted octanol–water partition coefficient (Wildman–Crippen LogP) is 3.18. The van der Waals surface area contributed by atoms with Gasteiger partial charge in [0.1, 0.15) is 5.82 Å². The van der Waals surface area contributed by atoms with Gasteiger partial charge in [0.25, 0.3) is 0 Å². The third-order valence-electron chi connectivity index (χ3n) is 6.27. The fourth-order valence-corrected chi connectivity index (χ4v) is 5.47. The van der Waals surface area contributed by atoms with Gasteiger partial charge in [0, 0.05) is 48.6 Å². The zero-order valence-electron chi connectivity index (χ0n) is 16.7. The molecule has 2 aliphatic rings. The van der Waals surface area contributed by atoms with Crippen LogP contribution in [0.1, 0.15) is 11.1 Å². The normalized spacial score (nSPS) is 24.1. The summed E-state index contributed by atoms with van der Waals surface area (Å²) >= 11 is 1.55. The molecule has 2 saturated heterocycles. The molecule has 29 heavy (non-hydrogen) atoms. The number of aliphatic hydroxyl groups is 1. The first-order valence-electron chi connectivity index (χ1n) is 10.0. The Bertz CT molecular complexity index is 878. The van der Waals surface area contributed by atoms with E-state index in [0.29, 0.717) is 43.1 Å². The van der Waals surface area contributed by atoms with E-state index in [4.69, 9.17) is 0 Å². The van der Waals surface area contributed by atoms with Crippen LogP contribution in [0, 0.1) is 24.1 Å². The van der Waals surface area contributed by atoms with Gasteiger partial charge in [0.05, 0.1) is 12.4 Å². The first-order valence-corrected chi connectivity index (χ1v) is 11.0. The van der Waals surface area contributed by atoms with E-state index in [1.165, 1.54) is 0 Å². The van der Waals surface area contributed by atoms with Gasteiger partial charge in [-0.25, -0.2) is 4.39 Å². The smallest absolute Gasteiger partial charge is 0.232 e. The molecule has 1 amide bonds. The van der Waals surface area contributed by atoms with Crippen molar-refractivity contribution < 1.29 is 14.3 Å². The lowest BCUT2D eigenvalue weighted by Crippen LogP contribution is -2.39. The SMILES string of the molecule is Cc1cccc(CN2CC3CN(C(=O)CSc4ccccc4)CC3(CO)C2)c1F. The first kappa shape index (κ1) is 20.4. The first-order chi connectivity index (χ1) is 14.0. The number of aryl methyl sites for hydroxylation is 1. The molecule has 2 aromatic carbocycles. The Morgan fingerprint density at radius 2 is 1.97 bits per heavy atom. The molecule has 2 aliphatic heterocycles. The quantitative estimate of drug-likeness (QED) is 0.738. The minimum Gasteiger partial charge on any atom is -0.396 e. The predicted molar refractivity (Wildman–Crippen MR) is 113 cm³/mol. The van der Waals surface area contributed by atoms with Gasteiger partial charge in [-0.05, 0) is 30.5 Å². The lowest BCUT2D eigenvalue weighted by molar-refractivity contribution is -0.128. The van der Waals surface area contributed by atoms with Crippen LogP contribution in [0.4, 0.5) is 4.39 Å². The monoisotopic (exact) mass is 414 g/mol. The maximum atomic E-state index is 14.4. The van der Waals surface area contributed by atoms with E-state index < -0.39 is 0 Å². The highest BCUT2D eigenvalue weighted by Gasteiger charge is 2.52. The van der Waals surface area contributed by atoms with Gasteiger partial charge >= 0.3 is 0 Å². The van der Waals surface area contributed by atoms with Gasteiger partial charge in [0.15, 0.2) is 0 Å². The second kappa shape index (κ2) is 8.46. The number of rotatable bonds is 6. The summed E-state index contributed by atoms with van der Waals surface area (Å²) in [7, 11) is 0. The molecule has 0 saturated carbocycles. The van der Waals surface area contributed by atoms with Crippen molar-refractivity contribution in [2.75, 3.05) is 38.5 Å². The molecule has 154 valence electrons. The molecule has 0 spiro atoms. The van der Waals surface area contributed by atoms with Gasteiger partial charge in [0.2, 0.25) is 5.91 Å². The number of amides is 1. The molecule has 0 aliphatic carbocycles. The van der Waals surface area contributed by atoms with Crippen LogP contribution in [0.25, 0.3) is 0 Å². The highest BCUT2D eigenvalue weighted by Crippen LogP contribution is 2.43. The van der Waals surface area contributed by atoms with E-state index in [2.05, 4.69) is 4.90 Å². The fraction of sp³-hybridized carbons (Fsp3) is 0.435.